The van der Waals surface area contributed by atoms with E-state index in [-0.39, 0.29) is 5.92 Å². The molecule has 1 aliphatic rings. The van der Waals surface area contributed by atoms with Crippen LogP contribution in [0.15, 0.2) is 48.1 Å². The van der Waals surface area contributed by atoms with Crippen molar-refractivity contribution in [1.82, 2.24) is 0 Å². The van der Waals surface area contributed by atoms with Crippen LogP contribution in [0.1, 0.15) is 37.8 Å². The van der Waals surface area contributed by atoms with Gasteiger partial charge >= 0.3 is 11.9 Å². The molecule has 0 fully saturated rings. The number of hydrogen-bond donors (Lipinski definition) is 0. The maximum absolute atomic E-state index is 12.2. The van der Waals surface area contributed by atoms with Crippen LogP contribution in [-0.4, -0.2) is 39.4 Å². The minimum absolute atomic E-state index is 0.0161. The molecule has 1 aliphatic carbocycles. The number of ether oxygens (including phenoxy) is 3. The van der Waals surface area contributed by atoms with Gasteiger partial charge in [0.05, 0.1) is 14.2 Å². The topological polar surface area (TPSA) is 61.8 Å². The van der Waals surface area contributed by atoms with Gasteiger partial charge in [-0.1, -0.05) is 48.1 Å². The van der Waals surface area contributed by atoms with Gasteiger partial charge in [0.2, 0.25) is 5.41 Å². The van der Waals surface area contributed by atoms with Crippen LogP contribution in [-0.2, 0) is 23.8 Å². The standard InChI is InChI=1S/C18H20O4.C4H10O/c1-12-6-5-7-14(10-12)15-8-9-18(13(2)11-15,16(19)21-3)17(20)22-4;1-3-5-4-2/h5-11,15H,1-4H3;3-4H2,1-2H3. The molecule has 1 atom stereocenters. The van der Waals surface area contributed by atoms with Crippen LogP contribution < -0.4 is 0 Å². The van der Waals surface area contributed by atoms with E-state index in [4.69, 9.17) is 14.2 Å². The van der Waals surface area contributed by atoms with Gasteiger partial charge < -0.3 is 14.2 Å². The van der Waals surface area contributed by atoms with Crippen LogP contribution >= 0.6 is 0 Å². The van der Waals surface area contributed by atoms with E-state index >= 15 is 0 Å². The largest absolute Gasteiger partial charge is 0.468 e. The van der Waals surface area contributed by atoms with Crippen molar-refractivity contribution >= 4 is 11.9 Å². The van der Waals surface area contributed by atoms with Gasteiger partial charge in [-0.15, -0.1) is 0 Å². The zero-order valence-corrected chi connectivity index (χ0v) is 17.1. The quantitative estimate of drug-likeness (QED) is 0.443. The first-order chi connectivity index (χ1) is 12.9. The molecule has 0 aliphatic heterocycles. The van der Waals surface area contributed by atoms with Gasteiger partial charge in [0.25, 0.3) is 0 Å². The lowest BCUT2D eigenvalue weighted by Crippen LogP contribution is -2.42. The fourth-order valence-corrected chi connectivity index (χ4v) is 2.99. The highest BCUT2D eigenvalue weighted by Gasteiger charge is 2.49. The highest BCUT2D eigenvalue weighted by molar-refractivity contribution is 6.06. The smallest absolute Gasteiger partial charge is 0.331 e. The van der Waals surface area contributed by atoms with Gasteiger partial charge in [0, 0.05) is 19.1 Å². The molecule has 1 unspecified atom stereocenters. The third-order valence-electron chi connectivity index (χ3n) is 4.46. The van der Waals surface area contributed by atoms with Crippen molar-refractivity contribution in [2.24, 2.45) is 5.41 Å². The first-order valence-corrected chi connectivity index (χ1v) is 9.06. The lowest BCUT2D eigenvalue weighted by molar-refractivity contribution is -0.162. The van der Waals surface area contributed by atoms with Crippen molar-refractivity contribution in [2.45, 2.75) is 33.6 Å². The molecular formula is C22H30O5. The number of benzene rings is 1. The molecule has 0 saturated heterocycles. The summed E-state index contributed by atoms with van der Waals surface area (Å²) in [5, 5.41) is 0. The maximum atomic E-state index is 12.2. The summed E-state index contributed by atoms with van der Waals surface area (Å²) in [4.78, 5) is 24.4. The molecule has 0 aromatic heterocycles. The molecule has 0 amide bonds. The summed E-state index contributed by atoms with van der Waals surface area (Å²) < 4.78 is 14.5. The first-order valence-electron chi connectivity index (χ1n) is 9.06. The molecular weight excluding hydrogens is 344 g/mol. The van der Waals surface area contributed by atoms with Gasteiger partial charge in [-0.3, -0.25) is 9.59 Å². The van der Waals surface area contributed by atoms with Gasteiger partial charge in [0.15, 0.2) is 0 Å². The van der Waals surface area contributed by atoms with Gasteiger partial charge in [-0.2, -0.15) is 0 Å². The van der Waals surface area contributed by atoms with Gasteiger partial charge in [-0.05, 0) is 38.8 Å². The number of esters is 2. The molecule has 0 radical (unpaired) electrons. The summed E-state index contributed by atoms with van der Waals surface area (Å²) in [6.45, 7) is 9.44. The predicted octanol–water partition coefficient (Wildman–Crippen LogP) is 3.97. The van der Waals surface area contributed by atoms with Gasteiger partial charge in [0.1, 0.15) is 0 Å². The zero-order chi connectivity index (χ0) is 20.4. The number of hydrogen-bond acceptors (Lipinski definition) is 5. The van der Waals surface area contributed by atoms with Crippen LogP contribution in [0.3, 0.4) is 0 Å². The second-order valence-electron chi connectivity index (χ2n) is 6.22. The Morgan fingerprint density at radius 1 is 1.04 bits per heavy atom. The number of rotatable bonds is 5. The van der Waals surface area contributed by atoms with Gasteiger partial charge in [-0.25, -0.2) is 0 Å². The van der Waals surface area contributed by atoms with Crippen molar-refractivity contribution in [1.29, 1.82) is 0 Å². The maximum Gasteiger partial charge on any atom is 0.331 e. The fourth-order valence-electron chi connectivity index (χ4n) is 2.99. The molecule has 5 heteroatoms. The number of carbonyl (C=O) groups is 2. The average Bonchev–Trinajstić information content (AvgIpc) is 2.68. The molecule has 0 heterocycles. The third kappa shape index (κ3) is 5.30. The van der Waals surface area contributed by atoms with E-state index in [0.717, 1.165) is 24.3 Å². The Labute approximate surface area is 162 Å². The van der Waals surface area contributed by atoms with Crippen molar-refractivity contribution in [3.63, 3.8) is 0 Å². The zero-order valence-electron chi connectivity index (χ0n) is 17.1. The molecule has 0 N–H and O–H groups in total. The average molecular weight is 374 g/mol. The van der Waals surface area contributed by atoms with E-state index in [1.54, 1.807) is 13.0 Å². The summed E-state index contributed by atoms with van der Waals surface area (Å²) in [5.74, 6) is -1.25. The van der Waals surface area contributed by atoms with Crippen molar-refractivity contribution in [2.75, 3.05) is 27.4 Å². The van der Waals surface area contributed by atoms with Crippen LogP contribution in [0.4, 0.5) is 0 Å². The summed E-state index contributed by atoms with van der Waals surface area (Å²) in [6.07, 6.45) is 5.34. The second-order valence-corrected chi connectivity index (χ2v) is 6.22. The molecule has 1 aromatic rings. The SMILES string of the molecule is CCOCC.COC(=O)C1(C(=O)OC)C=CC(c2cccc(C)c2)C=C1C. The Bertz CT molecular complexity index is 684. The number of allylic oxidation sites excluding steroid dienone is 2. The lowest BCUT2D eigenvalue weighted by Gasteiger charge is -2.30. The normalized spacial score (nSPS) is 17.3. The summed E-state index contributed by atoms with van der Waals surface area (Å²) in [5.41, 5.74) is 1.40. The van der Waals surface area contributed by atoms with Crippen LogP contribution in [0.25, 0.3) is 0 Å². The molecule has 148 valence electrons. The van der Waals surface area contributed by atoms with E-state index in [2.05, 4.69) is 6.07 Å². The minimum atomic E-state index is -1.48. The monoisotopic (exact) mass is 374 g/mol. The lowest BCUT2D eigenvalue weighted by atomic mass is 9.74. The number of carbonyl (C=O) groups excluding carboxylic acids is 2. The molecule has 5 nitrogen and oxygen atoms in total. The van der Waals surface area contributed by atoms with E-state index in [1.807, 2.05) is 51.1 Å². The summed E-state index contributed by atoms with van der Waals surface area (Å²) >= 11 is 0. The molecule has 1 aromatic carbocycles. The molecule has 2 rings (SSSR count). The summed E-state index contributed by atoms with van der Waals surface area (Å²) in [6, 6.07) is 8.13. The molecule has 27 heavy (non-hydrogen) atoms. The first kappa shape index (κ1) is 22.6. The highest BCUT2D eigenvalue weighted by atomic mass is 16.5. The Hall–Kier alpha value is -2.40. The molecule has 0 saturated carbocycles. The predicted molar refractivity (Wildman–Crippen MR) is 105 cm³/mol. The van der Waals surface area contributed by atoms with Crippen LogP contribution in [0.5, 0.6) is 0 Å². The summed E-state index contributed by atoms with van der Waals surface area (Å²) in [7, 11) is 2.53. The fraction of sp³-hybridized carbons (Fsp3) is 0.455. The number of aryl methyl sites for hydroxylation is 1. The second kappa shape index (κ2) is 10.7. The van der Waals surface area contributed by atoms with Crippen LogP contribution in [0, 0.1) is 12.3 Å². The third-order valence-corrected chi connectivity index (χ3v) is 4.46. The molecule has 0 spiro atoms. The molecule has 0 bridgehead atoms. The number of methoxy groups -OCH3 is 2. The van der Waals surface area contributed by atoms with Crippen molar-refractivity contribution in [3.8, 4) is 0 Å². The van der Waals surface area contributed by atoms with Crippen molar-refractivity contribution < 1.29 is 23.8 Å². The Kier molecular flexibility index (Phi) is 8.95. The highest BCUT2D eigenvalue weighted by Crippen LogP contribution is 2.39. The van der Waals surface area contributed by atoms with E-state index < -0.39 is 17.4 Å². The van der Waals surface area contributed by atoms with E-state index in [0.29, 0.717) is 5.57 Å². The Morgan fingerprint density at radius 2 is 1.63 bits per heavy atom. The van der Waals surface area contributed by atoms with E-state index in [9.17, 15) is 9.59 Å². The Morgan fingerprint density at radius 3 is 2.04 bits per heavy atom. The van der Waals surface area contributed by atoms with E-state index in [1.165, 1.54) is 14.2 Å². The Balaban J connectivity index is 0.000000646. The van der Waals surface area contributed by atoms with Crippen molar-refractivity contribution in [3.05, 3.63) is 59.2 Å². The van der Waals surface area contributed by atoms with Crippen LogP contribution in [0.2, 0.25) is 0 Å². The minimum Gasteiger partial charge on any atom is -0.468 e.